The highest BCUT2D eigenvalue weighted by molar-refractivity contribution is 5.94. The van der Waals surface area contributed by atoms with Crippen molar-refractivity contribution in [3.63, 3.8) is 0 Å². The molecule has 2 aromatic rings. The SMILES string of the molecule is CC(C(=O)Nc1ccc([N+](=O)[O-])cc1C#N)n1nc(C(F)F)cc1C(F)F. The highest BCUT2D eigenvalue weighted by Gasteiger charge is 2.27. The number of carbonyl (C=O) groups excluding carboxylic acids is 1. The zero-order valence-corrected chi connectivity index (χ0v) is 13.6. The molecule has 1 unspecified atom stereocenters. The summed E-state index contributed by atoms with van der Waals surface area (Å²) in [4.78, 5) is 22.3. The zero-order chi connectivity index (χ0) is 20.3. The molecular formula is C15H11F4N5O3. The average molecular weight is 385 g/mol. The van der Waals surface area contributed by atoms with E-state index < -0.39 is 41.1 Å². The number of carbonyl (C=O) groups is 1. The van der Waals surface area contributed by atoms with Crippen molar-refractivity contribution < 1.29 is 27.3 Å². The lowest BCUT2D eigenvalue weighted by Crippen LogP contribution is -2.26. The number of rotatable bonds is 6. The zero-order valence-electron chi connectivity index (χ0n) is 13.6. The van der Waals surface area contributed by atoms with E-state index in [1.807, 2.05) is 0 Å². The molecule has 8 nitrogen and oxygen atoms in total. The summed E-state index contributed by atoms with van der Waals surface area (Å²) < 4.78 is 52.0. The molecule has 0 fully saturated rings. The third-order valence-corrected chi connectivity index (χ3v) is 3.57. The number of nitro groups is 1. The van der Waals surface area contributed by atoms with Crippen LogP contribution in [-0.2, 0) is 4.79 Å². The molecule has 0 saturated carbocycles. The van der Waals surface area contributed by atoms with Crippen LogP contribution in [0.15, 0.2) is 24.3 Å². The van der Waals surface area contributed by atoms with E-state index >= 15 is 0 Å². The first-order valence-corrected chi connectivity index (χ1v) is 7.30. The summed E-state index contributed by atoms with van der Waals surface area (Å²) in [6.07, 6.45) is -6.24. The first-order valence-electron chi connectivity index (χ1n) is 7.30. The molecule has 1 aromatic heterocycles. The van der Waals surface area contributed by atoms with Gasteiger partial charge in [0.1, 0.15) is 23.5 Å². The van der Waals surface area contributed by atoms with E-state index in [1.165, 1.54) is 0 Å². The molecule has 142 valence electrons. The third kappa shape index (κ3) is 4.20. The largest absolute Gasteiger partial charge is 0.323 e. The molecule has 1 heterocycles. The lowest BCUT2D eigenvalue weighted by Gasteiger charge is -2.16. The number of aromatic nitrogens is 2. The van der Waals surface area contributed by atoms with Crippen LogP contribution in [0.1, 0.15) is 42.8 Å². The normalized spacial score (nSPS) is 12.1. The number of nitro benzene ring substituents is 1. The molecule has 0 aliphatic carbocycles. The van der Waals surface area contributed by atoms with E-state index in [0.29, 0.717) is 10.7 Å². The topological polar surface area (TPSA) is 114 Å². The number of nitrogens with zero attached hydrogens (tertiary/aromatic N) is 4. The van der Waals surface area contributed by atoms with E-state index in [2.05, 4.69) is 10.4 Å². The highest BCUT2D eigenvalue weighted by atomic mass is 19.3. The van der Waals surface area contributed by atoms with Crippen LogP contribution < -0.4 is 5.32 Å². The van der Waals surface area contributed by atoms with Crippen molar-refractivity contribution in [1.82, 2.24) is 9.78 Å². The quantitative estimate of drug-likeness (QED) is 0.462. The molecule has 0 saturated heterocycles. The Balaban J connectivity index is 2.32. The van der Waals surface area contributed by atoms with Crippen LogP contribution in [0, 0.1) is 21.4 Å². The first kappa shape index (κ1) is 19.8. The van der Waals surface area contributed by atoms with Crippen LogP contribution >= 0.6 is 0 Å². The Kier molecular flexibility index (Phi) is 5.74. The van der Waals surface area contributed by atoms with E-state index in [0.717, 1.165) is 25.1 Å². The van der Waals surface area contributed by atoms with Gasteiger partial charge < -0.3 is 5.32 Å². The van der Waals surface area contributed by atoms with Gasteiger partial charge in [0.05, 0.1) is 16.2 Å². The molecule has 1 atom stereocenters. The van der Waals surface area contributed by atoms with Crippen LogP contribution in [0.3, 0.4) is 0 Å². The monoisotopic (exact) mass is 385 g/mol. The Hall–Kier alpha value is -3.49. The number of hydrogen-bond donors (Lipinski definition) is 1. The standard InChI is InChI=1S/C15H11F4N5O3/c1-7(23-12(14(18)19)5-11(22-23)13(16)17)15(25)21-10-3-2-9(24(26)27)4-8(10)6-20/h2-5,7,13-14H,1H3,(H,21,25). The maximum Gasteiger partial charge on any atom is 0.282 e. The molecule has 0 radical (unpaired) electrons. The summed E-state index contributed by atoms with van der Waals surface area (Å²) in [5.74, 6) is -0.925. The summed E-state index contributed by atoms with van der Waals surface area (Å²) in [6, 6.07) is 3.82. The number of amides is 1. The summed E-state index contributed by atoms with van der Waals surface area (Å²) >= 11 is 0. The lowest BCUT2D eigenvalue weighted by atomic mass is 10.1. The smallest absolute Gasteiger partial charge is 0.282 e. The first-order chi connectivity index (χ1) is 12.6. The van der Waals surface area contributed by atoms with E-state index in [-0.39, 0.29) is 16.9 Å². The second-order valence-corrected chi connectivity index (χ2v) is 5.30. The molecule has 27 heavy (non-hydrogen) atoms. The molecule has 0 bridgehead atoms. The van der Waals surface area contributed by atoms with Crippen LogP contribution in [0.5, 0.6) is 0 Å². The molecular weight excluding hydrogens is 374 g/mol. The fourth-order valence-corrected chi connectivity index (χ4v) is 2.20. The molecule has 0 aliphatic heterocycles. The molecule has 0 spiro atoms. The van der Waals surface area contributed by atoms with E-state index in [4.69, 9.17) is 5.26 Å². The lowest BCUT2D eigenvalue weighted by molar-refractivity contribution is -0.384. The van der Waals surface area contributed by atoms with Gasteiger partial charge in [-0.15, -0.1) is 0 Å². The Bertz CT molecular complexity index is 923. The van der Waals surface area contributed by atoms with Gasteiger partial charge in [-0.1, -0.05) is 0 Å². The van der Waals surface area contributed by atoms with Crippen molar-refractivity contribution >= 4 is 17.3 Å². The van der Waals surface area contributed by atoms with Crippen molar-refractivity contribution in [3.05, 3.63) is 51.3 Å². The minimum atomic E-state index is -3.14. The summed E-state index contributed by atoms with van der Waals surface area (Å²) in [6.45, 7) is 1.15. The fraction of sp³-hybridized carbons (Fsp3) is 0.267. The predicted molar refractivity (Wildman–Crippen MR) is 83.3 cm³/mol. The number of nitriles is 1. The van der Waals surface area contributed by atoms with Crippen LogP contribution in [-0.4, -0.2) is 20.6 Å². The number of benzene rings is 1. The van der Waals surface area contributed by atoms with E-state index in [1.54, 1.807) is 6.07 Å². The average Bonchev–Trinajstić information content (AvgIpc) is 3.07. The molecule has 1 N–H and O–H groups in total. The molecule has 1 amide bonds. The van der Waals surface area contributed by atoms with Crippen molar-refractivity contribution in [3.8, 4) is 6.07 Å². The van der Waals surface area contributed by atoms with Crippen molar-refractivity contribution in [1.29, 1.82) is 5.26 Å². The maximum atomic E-state index is 13.0. The maximum absolute atomic E-state index is 13.0. The van der Waals surface area contributed by atoms with Gasteiger partial charge in [0, 0.05) is 12.1 Å². The number of non-ortho nitro benzene ring substituents is 1. The fourth-order valence-electron chi connectivity index (χ4n) is 2.20. The Morgan fingerprint density at radius 1 is 1.30 bits per heavy atom. The Labute approximate surface area is 149 Å². The number of hydrogen-bond acceptors (Lipinski definition) is 5. The molecule has 0 aliphatic rings. The van der Waals surface area contributed by atoms with Crippen molar-refractivity contribution in [2.24, 2.45) is 0 Å². The Morgan fingerprint density at radius 3 is 2.48 bits per heavy atom. The molecule has 2 rings (SSSR count). The molecule has 12 heteroatoms. The summed E-state index contributed by atoms with van der Waals surface area (Å²) in [7, 11) is 0. The van der Waals surface area contributed by atoms with Crippen LogP contribution in [0.2, 0.25) is 0 Å². The van der Waals surface area contributed by atoms with Gasteiger partial charge in [0.15, 0.2) is 0 Å². The van der Waals surface area contributed by atoms with Gasteiger partial charge in [-0.05, 0) is 19.1 Å². The second kappa shape index (κ2) is 7.81. The van der Waals surface area contributed by atoms with E-state index in [9.17, 15) is 32.5 Å². The van der Waals surface area contributed by atoms with Gasteiger partial charge in [0.2, 0.25) is 5.91 Å². The van der Waals surface area contributed by atoms with Gasteiger partial charge in [-0.25, -0.2) is 17.6 Å². The predicted octanol–water partition coefficient (Wildman–Crippen LogP) is 3.74. The number of halogens is 4. The van der Waals surface area contributed by atoms with Crippen LogP contribution in [0.25, 0.3) is 0 Å². The van der Waals surface area contributed by atoms with Gasteiger partial charge in [0.25, 0.3) is 18.5 Å². The van der Waals surface area contributed by atoms with Gasteiger partial charge >= 0.3 is 0 Å². The number of anilines is 1. The van der Waals surface area contributed by atoms with Gasteiger partial charge in [-0.2, -0.15) is 10.4 Å². The van der Waals surface area contributed by atoms with Crippen molar-refractivity contribution in [2.75, 3.05) is 5.32 Å². The second-order valence-electron chi connectivity index (χ2n) is 5.30. The summed E-state index contributed by atoms with van der Waals surface area (Å²) in [5.41, 5.74) is -2.48. The van der Waals surface area contributed by atoms with Crippen LogP contribution in [0.4, 0.5) is 28.9 Å². The van der Waals surface area contributed by atoms with Crippen molar-refractivity contribution in [2.45, 2.75) is 25.8 Å². The number of nitrogens with one attached hydrogen (secondary N) is 1. The van der Waals surface area contributed by atoms with Gasteiger partial charge in [-0.3, -0.25) is 19.6 Å². The minimum Gasteiger partial charge on any atom is -0.323 e. The minimum absolute atomic E-state index is 0.0974. The third-order valence-electron chi connectivity index (χ3n) is 3.57. The Morgan fingerprint density at radius 2 is 1.96 bits per heavy atom. The number of alkyl halides is 4. The molecule has 1 aromatic carbocycles. The summed E-state index contributed by atoms with van der Waals surface area (Å²) in [5, 5.41) is 25.4. The highest BCUT2D eigenvalue weighted by Crippen LogP contribution is 2.28.